The highest BCUT2D eigenvalue weighted by molar-refractivity contribution is 5.71. The Morgan fingerprint density at radius 2 is 0.470 bits per heavy atom. The maximum Gasteiger partial charge on any atom is 0.306 e. The van der Waals surface area contributed by atoms with Gasteiger partial charge in [0, 0.05) is 19.3 Å². The van der Waals surface area contributed by atoms with Gasteiger partial charge in [-0.05, 0) is 128 Å². The molecule has 0 amide bonds. The second-order valence-corrected chi connectivity index (χ2v) is 23.4. The van der Waals surface area contributed by atoms with Crippen LogP contribution in [0.4, 0.5) is 0 Å². The minimum Gasteiger partial charge on any atom is -0.462 e. The molecular weight excluding hydrogens is 1020 g/mol. The van der Waals surface area contributed by atoms with Crippen LogP contribution in [0.2, 0.25) is 0 Å². The fourth-order valence-corrected chi connectivity index (χ4v) is 9.94. The molecule has 0 radical (unpaired) electrons. The quantitative estimate of drug-likeness (QED) is 0.0261. The lowest BCUT2D eigenvalue weighted by Crippen LogP contribution is -2.30. The van der Waals surface area contributed by atoms with Crippen LogP contribution in [-0.2, 0) is 28.6 Å². The Bertz CT molecular complexity index is 1660. The third-order valence-corrected chi connectivity index (χ3v) is 15.2. The number of carbonyl (C=O) groups is 3. The van der Waals surface area contributed by atoms with Gasteiger partial charge in [0.2, 0.25) is 0 Å². The van der Waals surface area contributed by atoms with E-state index in [4.69, 9.17) is 14.2 Å². The van der Waals surface area contributed by atoms with Crippen LogP contribution in [0.1, 0.15) is 342 Å². The molecule has 0 aliphatic carbocycles. The predicted octanol–water partition coefficient (Wildman–Crippen LogP) is 24.6. The Morgan fingerprint density at radius 3 is 0.747 bits per heavy atom. The van der Waals surface area contributed by atoms with Crippen molar-refractivity contribution in [3.63, 3.8) is 0 Å². The van der Waals surface area contributed by atoms with Gasteiger partial charge in [0.25, 0.3) is 0 Å². The van der Waals surface area contributed by atoms with Crippen molar-refractivity contribution in [1.29, 1.82) is 0 Å². The van der Waals surface area contributed by atoms with E-state index in [0.717, 1.165) is 109 Å². The fraction of sp³-hybridized carbons (Fsp3) is 0.727. The van der Waals surface area contributed by atoms with Crippen molar-refractivity contribution >= 4 is 17.9 Å². The molecule has 0 saturated heterocycles. The number of rotatable bonds is 64. The van der Waals surface area contributed by atoms with E-state index in [0.29, 0.717) is 19.3 Å². The van der Waals surface area contributed by atoms with E-state index in [1.807, 2.05) is 0 Å². The van der Waals surface area contributed by atoms with Crippen LogP contribution in [0, 0.1) is 0 Å². The van der Waals surface area contributed by atoms with Gasteiger partial charge in [-0.15, -0.1) is 0 Å². The van der Waals surface area contributed by atoms with E-state index in [2.05, 4.69) is 130 Å². The van der Waals surface area contributed by atoms with Crippen LogP contribution in [-0.4, -0.2) is 37.2 Å². The van der Waals surface area contributed by atoms with Gasteiger partial charge in [-0.3, -0.25) is 14.4 Å². The highest BCUT2D eigenvalue weighted by Crippen LogP contribution is 2.16. The third kappa shape index (κ3) is 68.7. The van der Waals surface area contributed by atoms with Gasteiger partial charge in [0.1, 0.15) is 13.2 Å². The van der Waals surface area contributed by atoms with Gasteiger partial charge in [-0.1, -0.05) is 304 Å². The Morgan fingerprint density at radius 1 is 0.253 bits per heavy atom. The molecule has 1 unspecified atom stereocenters. The molecule has 0 saturated carbocycles. The molecule has 0 aromatic rings. The number of hydrogen-bond acceptors (Lipinski definition) is 6. The van der Waals surface area contributed by atoms with E-state index in [1.54, 1.807) is 0 Å². The molecule has 0 aromatic carbocycles. The molecule has 6 heteroatoms. The second-order valence-electron chi connectivity index (χ2n) is 23.4. The van der Waals surface area contributed by atoms with Crippen LogP contribution in [0.3, 0.4) is 0 Å². The molecule has 0 N–H and O–H groups in total. The minimum atomic E-state index is -0.789. The van der Waals surface area contributed by atoms with Crippen LogP contribution >= 0.6 is 0 Å². The number of unbranched alkanes of at least 4 members (excludes halogenated alkanes) is 35. The van der Waals surface area contributed by atoms with Gasteiger partial charge >= 0.3 is 17.9 Å². The summed E-state index contributed by atoms with van der Waals surface area (Å²) < 4.78 is 17.0. The summed E-state index contributed by atoms with van der Waals surface area (Å²) >= 11 is 0. The molecule has 0 aromatic heterocycles. The molecule has 0 fully saturated rings. The topological polar surface area (TPSA) is 78.9 Å². The Balaban J connectivity index is 4.34. The summed E-state index contributed by atoms with van der Waals surface area (Å²) in [6.07, 6.45) is 96.7. The van der Waals surface area contributed by atoms with Crippen molar-refractivity contribution in [1.82, 2.24) is 0 Å². The lowest BCUT2D eigenvalue weighted by atomic mass is 10.1. The normalized spacial score (nSPS) is 12.8. The van der Waals surface area contributed by atoms with Crippen molar-refractivity contribution in [2.75, 3.05) is 13.2 Å². The van der Waals surface area contributed by atoms with Crippen LogP contribution in [0.25, 0.3) is 0 Å². The lowest BCUT2D eigenvalue weighted by molar-refractivity contribution is -0.167. The number of hydrogen-bond donors (Lipinski definition) is 0. The zero-order valence-electron chi connectivity index (χ0n) is 54.7. The van der Waals surface area contributed by atoms with Gasteiger partial charge in [0.05, 0.1) is 0 Å². The maximum absolute atomic E-state index is 13.0. The van der Waals surface area contributed by atoms with Gasteiger partial charge in [-0.2, -0.15) is 0 Å². The molecule has 0 spiro atoms. The average Bonchev–Trinajstić information content (AvgIpc) is 3.49. The summed E-state index contributed by atoms with van der Waals surface area (Å²) in [5.41, 5.74) is 0. The zero-order chi connectivity index (χ0) is 59.9. The van der Waals surface area contributed by atoms with Crippen molar-refractivity contribution in [3.8, 4) is 0 Å². The van der Waals surface area contributed by atoms with E-state index in [1.165, 1.54) is 193 Å². The number of carbonyl (C=O) groups excluding carboxylic acids is 3. The monoisotopic (exact) mass is 1150 g/mol. The fourth-order valence-electron chi connectivity index (χ4n) is 9.94. The SMILES string of the molecule is CC/C=C\C/C=C\C/C=C\C/C=C\C/C=C\C/C=C\CCCCCCCCCCCCC(=O)OCC(COC(=O)CCCCCCC/C=C\CCCCCCCC)OC(=O)CCCCCCCCCCC/C=C\C/C=C\CCCCCCC. The first-order valence-corrected chi connectivity index (χ1v) is 35.4. The molecule has 1 atom stereocenters. The predicted molar refractivity (Wildman–Crippen MR) is 362 cm³/mol. The van der Waals surface area contributed by atoms with E-state index in [9.17, 15) is 14.4 Å². The van der Waals surface area contributed by atoms with E-state index < -0.39 is 6.10 Å². The van der Waals surface area contributed by atoms with Gasteiger partial charge < -0.3 is 14.2 Å². The highest BCUT2D eigenvalue weighted by Gasteiger charge is 2.19. The number of esters is 3. The van der Waals surface area contributed by atoms with Gasteiger partial charge in [0.15, 0.2) is 6.10 Å². The molecule has 0 rings (SSSR count). The summed E-state index contributed by atoms with van der Waals surface area (Å²) in [6, 6.07) is 0. The van der Waals surface area contributed by atoms with Crippen LogP contribution in [0.15, 0.2) is 109 Å². The first-order valence-electron chi connectivity index (χ1n) is 35.4. The number of allylic oxidation sites excluding steroid dienone is 18. The van der Waals surface area contributed by atoms with Crippen molar-refractivity contribution in [3.05, 3.63) is 109 Å². The minimum absolute atomic E-state index is 0.0837. The first-order chi connectivity index (χ1) is 41.0. The Kier molecular flexibility index (Phi) is 67.2. The average molecular weight is 1150 g/mol. The maximum atomic E-state index is 13.0. The molecule has 0 bridgehead atoms. The molecule has 476 valence electrons. The third-order valence-electron chi connectivity index (χ3n) is 15.2. The Labute approximate surface area is 514 Å². The van der Waals surface area contributed by atoms with Crippen molar-refractivity contribution in [2.45, 2.75) is 348 Å². The van der Waals surface area contributed by atoms with Crippen molar-refractivity contribution < 1.29 is 28.6 Å². The summed E-state index contributed by atoms with van der Waals surface area (Å²) in [5.74, 6) is -0.887. The summed E-state index contributed by atoms with van der Waals surface area (Å²) in [7, 11) is 0. The first kappa shape index (κ1) is 79.1. The van der Waals surface area contributed by atoms with E-state index >= 15 is 0 Å². The van der Waals surface area contributed by atoms with Crippen LogP contribution < -0.4 is 0 Å². The zero-order valence-corrected chi connectivity index (χ0v) is 54.7. The molecular formula is C77H132O6. The molecule has 0 aliphatic rings. The van der Waals surface area contributed by atoms with Crippen molar-refractivity contribution in [2.24, 2.45) is 0 Å². The summed E-state index contributed by atoms with van der Waals surface area (Å²) in [4.78, 5) is 38.5. The number of ether oxygens (including phenoxy) is 3. The van der Waals surface area contributed by atoms with E-state index in [-0.39, 0.29) is 31.1 Å². The Hall–Kier alpha value is -3.93. The molecule has 83 heavy (non-hydrogen) atoms. The van der Waals surface area contributed by atoms with Gasteiger partial charge in [-0.25, -0.2) is 0 Å². The largest absolute Gasteiger partial charge is 0.462 e. The highest BCUT2D eigenvalue weighted by atomic mass is 16.6. The second kappa shape index (κ2) is 70.6. The molecule has 6 nitrogen and oxygen atoms in total. The lowest BCUT2D eigenvalue weighted by Gasteiger charge is -2.18. The standard InChI is InChI=1S/C77H132O6/c1-4-7-10-13-16-19-22-25-28-30-32-34-35-36-37-38-39-40-41-43-44-46-49-52-55-58-61-64-67-70-76(79)82-73-74(72-81-75(78)69-66-63-60-57-54-51-48-27-24-21-18-15-12-9-6-3)83-77(80)71-68-65-62-59-56-53-50-47-45-42-33-31-29-26-23-20-17-14-11-8-5-2/h7,10,16,19,23,25-28,31-34,36-37,39-40,48,74H,4-6,8-9,11-15,17-18,20-22,24,29-30,35,38,41-47,49-73H2,1-3H3/b10-7-,19-16-,26-23-,28-25-,33-31-,34-32-,37-36-,40-39-,48-27-. The molecule has 0 heterocycles. The summed E-state index contributed by atoms with van der Waals surface area (Å²) in [5, 5.41) is 0. The van der Waals surface area contributed by atoms with Crippen LogP contribution in [0.5, 0.6) is 0 Å². The summed E-state index contributed by atoms with van der Waals surface area (Å²) in [6.45, 7) is 6.53. The smallest absolute Gasteiger partial charge is 0.306 e. The molecule has 0 aliphatic heterocycles.